The maximum absolute atomic E-state index is 14.7. The predicted molar refractivity (Wildman–Crippen MR) is 102 cm³/mol. The largest absolute Gasteiger partial charge is 0.484 e. The van der Waals surface area contributed by atoms with Crippen molar-refractivity contribution in [2.45, 2.75) is 6.18 Å². The Kier molecular flexibility index (Phi) is 6.20. The first-order chi connectivity index (χ1) is 14.3. The number of pyridine rings is 1. The SMILES string of the molecule is COC(=O)c1cccnc1Nc1ccc(-c2cccc(OCC(F)(F)F)c2)cc1F. The molecule has 3 rings (SSSR count). The molecular weight excluding hydrogens is 404 g/mol. The number of hydrogen-bond donors (Lipinski definition) is 1. The lowest BCUT2D eigenvalue weighted by Gasteiger charge is -2.12. The average molecular weight is 420 g/mol. The highest BCUT2D eigenvalue weighted by atomic mass is 19.4. The van der Waals surface area contributed by atoms with Gasteiger partial charge in [0, 0.05) is 6.20 Å². The number of benzene rings is 2. The zero-order chi connectivity index (χ0) is 21.7. The van der Waals surface area contributed by atoms with Gasteiger partial charge < -0.3 is 14.8 Å². The third-order valence-corrected chi connectivity index (χ3v) is 4.01. The topological polar surface area (TPSA) is 60.5 Å². The van der Waals surface area contributed by atoms with Crippen LogP contribution in [0.5, 0.6) is 5.75 Å². The van der Waals surface area contributed by atoms with E-state index in [0.717, 1.165) is 0 Å². The van der Waals surface area contributed by atoms with Crippen molar-refractivity contribution < 1.29 is 31.8 Å². The molecule has 0 aliphatic rings. The number of anilines is 2. The predicted octanol–water partition coefficient (Wildman–Crippen LogP) is 5.36. The van der Waals surface area contributed by atoms with E-state index >= 15 is 0 Å². The molecule has 9 heteroatoms. The number of esters is 1. The molecule has 1 N–H and O–H groups in total. The number of halogens is 4. The van der Waals surface area contributed by atoms with Crippen LogP contribution in [0, 0.1) is 5.82 Å². The molecular formula is C21H16F4N2O3. The summed E-state index contributed by atoms with van der Waals surface area (Å²) < 4.78 is 61.0. The lowest BCUT2D eigenvalue weighted by atomic mass is 10.0. The Balaban J connectivity index is 1.82. The Labute approximate surface area is 169 Å². The molecule has 30 heavy (non-hydrogen) atoms. The summed E-state index contributed by atoms with van der Waals surface area (Å²) in [7, 11) is 1.22. The van der Waals surface area contributed by atoms with Gasteiger partial charge in [-0.1, -0.05) is 18.2 Å². The van der Waals surface area contributed by atoms with Gasteiger partial charge in [-0.15, -0.1) is 0 Å². The Hall–Kier alpha value is -3.62. The molecule has 0 saturated heterocycles. The summed E-state index contributed by atoms with van der Waals surface area (Å²) in [5.74, 6) is -1.13. The molecule has 156 valence electrons. The van der Waals surface area contributed by atoms with E-state index in [1.165, 1.54) is 49.7 Å². The van der Waals surface area contributed by atoms with Crippen LogP contribution in [0.3, 0.4) is 0 Å². The first-order valence-electron chi connectivity index (χ1n) is 8.67. The number of nitrogens with zero attached hydrogens (tertiary/aromatic N) is 1. The fourth-order valence-electron chi connectivity index (χ4n) is 2.63. The van der Waals surface area contributed by atoms with Gasteiger partial charge in [0.05, 0.1) is 12.8 Å². The van der Waals surface area contributed by atoms with E-state index in [1.54, 1.807) is 18.2 Å². The van der Waals surface area contributed by atoms with E-state index in [-0.39, 0.29) is 22.8 Å². The monoisotopic (exact) mass is 420 g/mol. The molecule has 0 aliphatic heterocycles. The molecule has 1 heterocycles. The minimum Gasteiger partial charge on any atom is -0.484 e. The molecule has 5 nitrogen and oxygen atoms in total. The lowest BCUT2D eigenvalue weighted by molar-refractivity contribution is -0.153. The number of carbonyl (C=O) groups excluding carboxylic acids is 1. The van der Waals surface area contributed by atoms with Crippen LogP contribution in [-0.4, -0.2) is 30.8 Å². The van der Waals surface area contributed by atoms with Crippen LogP contribution >= 0.6 is 0 Å². The van der Waals surface area contributed by atoms with Crippen LogP contribution in [0.15, 0.2) is 60.8 Å². The number of carbonyl (C=O) groups is 1. The second-order valence-corrected chi connectivity index (χ2v) is 6.14. The van der Waals surface area contributed by atoms with Gasteiger partial charge in [-0.2, -0.15) is 13.2 Å². The van der Waals surface area contributed by atoms with Crippen molar-refractivity contribution in [1.29, 1.82) is 0 Å². The normalized spacial score (nSPS) is 11.1. The molecule has 0 aliphatic carbocycles. The van der Waals surface area contributed by atoms with Gasteiger partial charge in [0.15, 0.2) is 6.61 Å². The molecule has 0 spiro atoms. The van der Waals surface area contributed by atoms with Gasteiger partial charge in [0.2, 0.25) is 0 Å². The van der Waals surface area contributed by atoms with Crippen molar-refractivity contribution in [3.63, 3.8) is 0 Å². The van der Waals surface area contributed by atoms with Gasteiger partial charge >= 0.3 is 12.1 Å². The quantitative estimate of drug-likeness (QED) is 0.430. The summed E-state index contributed by atoms with van der Waals surface area (Å²) in [5, 5.41) is 2.75. The number of methoxy groups -OCH3 is 1. The highest BCUT2D eigenvalue weighted by molar-refractivity contribution is 5.95. The number of ether oxygens (including phenoxy) is 2. The number of rotatable bonds is 6. The summed E-state index contributed by atoms with van der Waals surface area (Å²) in [5.41, 5.74) is 1.11. The van der Waals surface area contributed by atoms with E-state index in [4.69, 9.17) is 4.74 Å². The molecule has 0 amide bonds. The Morgan fingerprint density at radius 2 is 1.83 bits per heavy atom. The van der Waals surface area contributed by atoms with E-state index in [9.17, 15) is 22.4 Å². The minimum absolute atomic E-state index is 0.0173. The molecule has 0 bridgehead atoms. The van der Waals surface area contributed by atoms with Gasteiger partial charge in [-0.3, -0.25) is 0 Å². The van der Waals surface area contributed by atoms with Crippen molar-refractivity contribution in [3.05, 3.63) is 72.2 Å². The van der Waals surface area contributed by atoms with Crippen molar-refractivity contribution in [2.75, 3.05) is 19.0 Å². The molecule has 2 aromatic carbocycles. The number of alkyl halides is 3. The van der Waals surface area contributed by atoms with Crippen molar-refractivity contribution >= 4 is 17.5 Å². The summed E-state index contributed by atoms with van der Waals surface area (Å²) in [6.45, 7) is -1.42. The first kappa shape index (κ1) is 21.1. The number of aromatic nitrogens is 1. The zero-order valence-electron chi connectivity index (χ0n) is 15.7. The van der Waals surface area contributed by atoms with Crippen LogP contribution in [0.2, 0.25) is 0 Å². The van der Waals surface area contributed by atoms with Crippen LogP contribution < -0.4 is 10.1 Å². The van der Waals surface area contributed by atoms with E-state index < -0.39 is 24.6 Å². The smallest absolute Gasteiger partial charge is 0.422 e. The van der Waals surface area contributed by atoms with Gasteiger partial charge in [0.25, 0.3) is 0 Å². The van der Waals surface area contributed by atoms with E-state index in [2.05, 4.69) is 15.0 Å². The average Bonchev–Trinajstić information content (AvgIpc) is 2.73. The third-order valence-electron chi connectivity index (χ3n) is 4.01. The lowest BCUT2D eigenvalue weighted by Crippen LogP contribution is -2.19. The van der Waals surface area contributed by atoms with Crippen LogP contribution in [-0.2, 0) is 4.74 Å². The van der Waals surface area contributed by atoms with Crippen molar-refractivity contribution in [1.82, 2.24) is 4.98 Å². The molecule has 0 atom stereocenters. The van der Waals surface area contributed by atoms with Gasteiger partial charge in [-0.05, 0) is 47.5 Å². The van der Waals surface area contributed by atoms with Gasteiger partial charge in [0.1, 0.15) is 22.9 Å². The molecule has 3 aromatic rings. The number of hydrogen-bond acceptors (Lipinski definition) is 5. The fourth-order valence-corrected chi connectivity index (χ4v) is 2.63. The van der Waals surface area contributed by atoms with Crippen molar-refractivity contribution in [2.24, 2.45) is 0 Å². The van der Waals surface area contributed by atoms with Crippen molar-refractivity contribution in [3.8, 4) is 16.9 Å². The summed E-state index contributed by atoms with van der Waals surface area (Å²) in [6.07, 6.45) is -3.02. The summed E-state index contributed by atoms with van der Waals surface area (Å²) >= 11 is 0. The maximum Gasteiger partial charge on any atom is 0.422 e. The maximum atomic E-state index is 14.7. The standard InChI is InChI=1S/C21H16F4N2O3/c1-29-20(28)16-6-3-9-26-19(16)27-18-8-7-14(11-17(18)22)13-4-2-5-15(10-13)30-12-21(23,24)25/h2-11H,12H2,1H3,(H,26,27). The van der Waals surface area contributed by atoms with Crippen LogP contribution in [0.4, 0.5) is 29.1 Å². The van der Waals surface area contributed by atoms with E-state index in [1.807, 2.05) is 0 Å². The van der Waals surface area contributed by atoms with E-state index in [0.29, 0.717) is 11.1 Å². The first-order valence-corrected chi connectivity index (χ1v) is 8.67. The Morgan fingerprint density at radius 3 is 2.53 bits per heavy atom. The molecule has 1 aromatic heterocycles. The summed E-state index contributed by atoms with van der Waals surface area (Å²) in [6, 6.07) is 13.2. The Bertz CT molecular complexity index is 1050. The summed E-state index contributed by atoms with van der Waals surface area (Å²) in [4.78, 5) is 15.8. The second-order valence-electron chi connectivity index (χ2n) is 6.14. The zero-order valence-corrected chi connectivity index (χ0v) is 15.7. The minimum atomic E-state index is -4.45. The highest BCUT2D eigenvalue weighted by Gasteiger charge is 2.28. The molecule has 0 unspecified atom stereocenters. The van der Waals surface area contributed by atoms with Crippen LogP contribution in [0.25, 0.3) is 11.1 Å². The molecule has 0 saturated carbocycles. The Morgan fingerprint density at radius 1 is 1.07 bits per heavy atom. The highest BCUT2D eigenvalue weighted by Crippen LogP contribution is 2.29. The third kappa shape index (κ3) is 5.25. The number of nitrogens with one attached hydrogen (secondary N) is 1. The van der Waals surface area contributed by atoms with Crippen LogP contribution in [0.1, 0.15) is 10.4 Å². The molecule has 0 fully saturated rings. The fraction of sp³-hybridized carbons (Fsp3) is 0.143. The van der Waals surface area contributed by atoms with Gasteiger partial charge in [-0.25, -0.2) is 14.2 Å². The molecule has 0 radical (unpaired) electrons. The second kappa shape index (κ2) is 8.81.